The fourth-order valence-corrected chi connectivity index (χ4v) is 2.61. The van der Waals surface area contributed by atoms with Gasteiger partial charge in [-0.05, 0) is 31.9 Å². The molecule has 4 nitrogen and oxygen atoms in total. The average Bonchev–Trinajstić information content (AvgIpc) is 2.93. The van der Waals surface area contributed by atoms with Crippen LogP contribution in [0.1, 0.15) is 24.6 Å². The summed E-state index contributed by atoms with van der Waals surface area (Å²) in [5.41, 5.74) is 0.923. The molecule has 0 aliphatic heterocycles. The van der Waals surface area contributed by atoms with Gasteiger partial charge in [0.2, 0.25) is 0 Å². The number of aliphatic hydroxyl groups excluding tert-OH is 1. The molecule has 1 unspecified atom stereocenters. The van der Waals surface area contributed by atoms with Crippen molar-refractivity contribution in [1.29, 1.82) is 0 Å². The molecule has 1 atom stereocenters. The SMILES string of the molecule is CC(CCCO)NCc1cnc(-c2ccccn2)s1. The van der Waals surface area contributed by atoms with Crippen LogP contribution in [-0.2, 0) is 6.54 Å². The highest BCUT2D eigenvalue weighted by molar-refractivity contribution is 7.14. The number of nitrogens with one attached hydrogen (secondary N) is 1. The maximum Gasteiger partial charge on any atom is 0.142 e. The first-order valence-corrected chi connectivity index (χ1v) is 7.31. The van der Waals surface area contributed by atoms with Crippen molar-refractivity contribution < 1.29 is 5.11 Å². The van der Waals surface area contributed by atoms with Crippen LogP contribution in [0.25, 0.3) is 10.7 Å². The first-order valence-electron chi connectivity index (χ1n) is 6.50. The standard InChI is InChI=1S/C14H19N3OS/c1-11(5-4-8-18)16-9-12-10-17-14(19-12)13-6-2-3-7-15-13/h2-3,6-7,10-11,16,18H,4-5,8-9H2,1H3. The minimum atomic E-state index is 0.260. The van der Waals surface area contributed by atoms with Gasteiger partial charge in [-0.15, -0.1) is 11.3 Å². The van der Waals surface area contributed by atoms with Gasteiger partial charge < -0.3 is 10.4 Å². The van der Waals surface area contributed by atoms with Crippen LogP contribution in [0.2, 0.25) is 0 Å². The molecule has 2 N–H and O–H groups in total. The zero-order valence-electron chi connectivity index (χ0n) is 11.0. The van der Waals surface area contributed by atoms with Gasteiger partial charge >= 0.3 is 0 Å². The van der Waals surface area contributed by atoms with Gasteiger partial charge in [-0.2, -0.15) is 0 Å². The summed E-state index contributed by atoms with van der Waals surface area (Å²) in [7, 11) is 0. The number of aliphatic hydroxyl groups is 1. The van der Waals surface area contributed by atoms with Crippen LogP contribution in [0.15, 0.2) is 30.6 Å². The van der Waals surface area contributed by atoms with E-state index in [9.17, 15) is 0 Å². The van der Waals surface area contributed by atoms with Crippen LogP contribution in [0.4, 0.5) is 0 Å². The molecule has 2 aromatic heterocycles. The molecule has 0 amide bonds. The minimum absolute atomic E-state index is 0.260. The molecule has 5 heteroatoms. The van der Waals surface area contributed by atoms with Gasteiger partial charge in [-0.25, -0.2) is 4.98 Å². The van der Waals surface area contributed by atoms with Crippen molar-refractivity contribution >= 4 is 11.3 Å². The summed E-state index contributed by atoms with van der Waals surface area (Å²) in [6.45, 7) is 3.21. The second-order valence-electron chi connectivity index (χ2n) is 4.49. The second kappa shape index (κ2) is 7.33. The fourth-order valence-electron chi connectivity index (χ4n) is 1.77. The molecule has 0 fully saturated rings. The zero-order valence-corrected chi connectivity index (χ0v) is 11.9. The largest absolute Gasteiger partial charge is 0.396 e. The Morgan fingerprint density at radius 2 is 2.26 bits per heavy atom. The predicted molar refractivity (Wildman–Crippen MR) is 78.0 cm³/mol. The Hall–Kier alpha value is -1.30. The van der Waals surface area contributed by atoms with E-state index in [-0.39, 0.29) is 6.61 Å². The van der Waals surface area contributed by atoms with Gasteiger partial charge in [-0.3, -0.25) is 4.98 Å². The smallest absolute Gasteiger partial charge is 0.142 e. The topological polar surface area (TPSA) is 58.0 Å². The molecule has 0 aromatic carbocycles. The normalized spacial score (nSPS) is 12.5. The average molecular weight is 277 g/mol. The number of aromatic nitrogens is 2. The summed E-state index contributed by atoms with van der Waals surface area (Å²) in [5.74, 6) is 0. The lowest BCUT2D eigenvalue weighted by Gasteiger charge is -2.11. The third-order valence-corrected chi connectivity index (χ3v) is 3.88. The Labute approximate surface area is 117 Å². The number of hydrogen-bond donors (Lipinski definition) is 2. The zero-order chi connectivity index (χ0) is 13.5. The highest BCUT2D eigenvalue weighted by atomic mass is 32.1. The van der Waals surface area contributed by atoms with Gasteiger partial charge in [0.15, 0.2) is 0 Å². The van der Waals surface area contributed by atoms with Crippen molar-refractivity contribution in [3.63, 3.8) is 0 Å². The van der Waals surface area contributed by atoms with E-state index in [2.05, 4.69) is 22.2 Å². The van der Waals surface area contributed by atoms with Crippen LogP contribution >= 0.6 is 11.3 Å². The lowest BCUT2D eigenvalue weighted by molar-refractivity contribution is 0.276. The van der Waals surface area contributed by atoms with Crippen LogP contribution in [-0.4, -0.2) is 27.7 Å². The molecule has 0 radical (unpaired) electrons. The van der Waals surface area contributed by atoms with Gasteiger partial charge in [0, 0.05) is 36.5 Å². The van der Waals surface area contributed by atoms with E-state index in [1.807, 2.05) is 24.4 Å². The Kier molecular flexibility index (Phi) is 5.44. The number of pyridine rings is 1. The molecule has 2 rings (SSSR count). The van der Waals surface area contributed by atoms with Crippen molar-refractivity contribution in [1.82, 2.24) is 15.3 Å². The van der Waals surface area contributed by atoms with Crippen LogP contribution < -0.4 is 5.32 Å². The maximum absolute atomic E-state index is 8.79. The molecule has 19 heavy (non-hydrogen) atoms. The predicted octanol–water partition coefficient (Wildman–Crippen LogP) is 2.46. The number of nitrogens with zero attached hydrogens (tertiary/aromatic N) is 2. The quantitative estimate of drug-likeness (QED) is 0.816. The van der Waals surface area contributed by atoms with Gasteiger partial charge in [-0.1, -0.05) is 6.07 Å². The third-order valence-electron chi connectivity index (χ3n) is 2.86. The van der Waals surface area contributed by atoms with Gasteiger partial charge in [0.25, 0.3) is 0 Å². The van der Waals surface area contributed by atoms with E-state index in [1.165, 1.54) is 4.88 Å². The summed E-state index contributed by atoms with van der Waals surface area (Å²) >= 11 is 1.67. The van der Waals surface area contributed by atoms with Gasteiger partial charge in [0.1, 0.15) is 5.01 Å². The molecular weight excluding hydrogens is 258 g/mol. The third kappa shape index (κ3) is 4.38. The van der Waals surface area contributed by atoms with Crippen LogP contribution in [0.5, 0.6) is 0 Å². The summed E-state index contributed by atoms with van der Waals surface area (Å²) in [6, 6.07) is 6.26. The molecule has 0 bridgehead atoms. The molecular formula is C14H19N3OS. The highest BCUT2D eigenvalue weighted by Gasteiger charge is 2.06. The molecule has 2 aromatic rings. The summed E-state index contributed by atoms with van der Waals surface area (Å²) in [4.78, 5) is 9.91. The second-order valence-corrected chi connectivity index (χ2v) is 5.61. The first-order chi connectivity index (χ1) is 9.29. The highest BCUT2D eigenvalue weighted by Crippen LogP contribution is 2.22. The summed E-state index contributed by atoms with van der Waals surface area (Å²) in [5, 5.41) is 13.2. The van der Waals surface area contributed by atoms with E-state index >= 15 is 0 Å². The Balaban J connectivity index is 1.88. The molecule has 102 valence electrons. The molecule has 0 aliphatic rings. The Morgan fingerprint density at radius 3 is 3.00 bits per heavy atom. The van der Waals surface area contributed by atoms with Crippen molar-refractivity contribution in [2.75, 3.05) is 6.61 Å². The lowest BCUT2D eigenvalue weighted by Crippen LogP contribution is -2.25. The van der Waals surface area contributed by atoms with E-state index in [0.29, 0.717) is 6.04 Å². The van der Waals surface area contributed by atoms with Crippen molar-refractivity contribution in [3.05, 3.63) is 35.5 Å². The lowest BCUT2D eigenvalue weighted by atomic mass is 10.2. The number of rotatable bonds is 7. The van der Waals surface area contributed by atoms with Crippen LogP contribution in [0.3, 0.4) is 0 Å². The van der Waals surface area contributed by atoms with E-state index in [4.69, 9.17) is 5.11 Å². The Morgan fingerprint density at radius 1 is 1.37 bits per heavy atom. The van der Waals surface area contributed by atoms with Gasteiger partial charge in [0.05, 0.1) is 5.69 Å². The van der Waals surface area contributed by atoms with E-state index in [1.54, 1.807) is 17.5 Å². The maximum atomic E-state index is 8.79. The molecule has 0 spiro atoms. The number of hydrogen-bond acceptors (Lipinski definition) is 5. The summed E-state index contributed by atoms with van der Waals surface area (Å²) in [6.07, 6.45) is 5.52. The monoisotopic (exact) mass is 277 g/mol. The Bertz CT molecular complexity index is 486. The molecule has 0 aliphatic carbocycles. The summed E-state index contributed by atoms with van der Waals surface area (Å²) < 4.78 is 0. The van der Waals surface area contributed by atoms with E-state index < -0.39 is 0 Å². The van der Waals surface area contributed by atoms with Crippen molar-refractivity contribution in [2.45, 2.75) is 32.4 Å². The number of thiazole rings is 1. The van der Waals surface area contributed by atoms with E-state index in [0.717, 1.165) is 30.1 Å². The molecule has 2 heterocycles. The van der Waals surface area contributed by atoms with Crippen molar-refractivity contribution in [3.8, 4) is 10.7 Å². The molecule has 0 saturated carbocycles. The molecule has 0 saturated heterocycles. The first kappa shape index (κ1) is 14.1. The minimum Gasteiger partial charge on any atom is -0.396 e. The fraction of sp³-hybridized carbons (Fsp3) is 0.429. The van der Waals surface area contributed by atoms with Crippen LogP contribution in [0, 0.1) is 0 Å². The van der Waals surface area contributed by atoms with Crippen molar-refractivity contribution in [2.24, 2.45) is 0 Å².